The molecule has 0 saturated heterocycles. The van der Waals surface area contributed by atoms with E-state index in [0.29, 0.717) is 4.90 Å². The molecule has 0 unspecified atom stereocenters. The molecule has 0 saturated carbocycles. The zero-order valence-electron chi connectivity index (χ0n) is 16.5. The molecule has 0 radical (unpaired) electrons. The van der Waals surface area contributed by atoms with Gasteiger partial charge in [-0.1, -0.05) is 19.1 Å². The monoisotopic (exact) mass is 409 g/mol. The Morgan fingerprint density at radius 3 is 2.36 bits per heavy atom. The van der Waals surface area contributed by atoms with Crippen LogP contribution in [0.3, 0.4) is 0 Å². The van der Waals surface area contributed by atoms with E-state index in [1.807, 2.05) is 20.8 Å². The number of carbonyl (C=O) groups is 4. The highest BCUT2D eigenvalue weighted by Crippen LogP contribution is 2.23. The molecule has 0 heterocycles. The van der Waals surface area contributed by atoms with E-state index in [4.69, 9.17) is 4.74 Å². The number of nitrogens with one attached hydrogen (secondary N) is 3. The molecule has 0 fully saturated rings. The number of thioether (sulfide) groups is 1. The van der Waals surface area contributed by atoms with Crippen molar-refractivity contribution in [3.05, 3.63) is 29.8 Å². The normalized spacial score (nSPS) is 11.5. The van der Waals surface area contributed by atoms with E-state index in [-0.39, 0.29) is 29.3 Å². The largest absolute Gasteiger partial charge is 0.452 e. The van der Waals surface area contributed by atoms with Gasteiger partial charge in [-0.05, 0) is 39.3 Å². The van der Waals surface area contributed by atoms with Crippen LogP contribution in [0, 0.1) is 0 Å². The van der Waals surface area contributed by atoms with Crippen LogP contribution < -0.4 is 16.0 Å². The fourth-order valence-corrected chi connectivity index (χ4v) is 2.85. The third-order valence-electron chi connectivity index (χ3n) is 3.49. The third kappa shape index (κ3) is 8.90. The summed E-state index contributed by atoms with van der Waals surface area (Å²) < 4.78 is 4.99. The van der Waals surface area contributed by atoms with Crippen molar-refractivity contribution in [2.75, 3.05) is 12.4 Å². The van der Waals surface area contributed by atoms with Gasteiger partial charge in [0.05, 0.1) is 11.3 Å². The summed E-state index contributed by atoms with van der Waals surface area (Å²) in [6.07, 6.45) is 0.722. The molecule has 154 valence electrons. The SMILES string of the molecule is CC[C@@H](C)NC(=O)NC(=O)COC(=O)c1ccccc1SCC(=O)NC(C)C. The molecule has 0 bridgehead atoms. The van der Waals surface area contributed by atoms with Gasteiger partial charge in [-0.15, -0.1) is 11.8 Å². The molecule has 1 atom stereocenters. The van der Waals surface area contributed by atoms with Gasteiger partial charge in [0.1, 0.15) is 0 Å². The van der Waals surface area contributed by atoms with Crippen LogP contribution >= 0.6 is 11.8 Å². The summed E-state index contributed by atoms with van der Waals surface area (Å²) in [6.45, 7) is 6.85. The second-order valence-corrected chi connectivity index (χ2v) is 7.43. The van der Waals surface area contributed by atoms with Gasteiger partial charge in [-0.2, -0.15) is 0 Å². The van der Waals surface area contributed by atoms with Crippen LogP contribution in [-0.2, 0) is 14.3 Å². The summed E-state index contributed by atoms with van der Waals surface area (Å²) in [5, 5.41) is 7.45. The van der Waals surface area contributed by atoms with Crippen LogP contribution in [0.25, 0.3) is 0 Å². The number of esters is 1. The Kier molecular flexibility index (Phi) is 10.1. The van der Waals surface area contributed by atoms with Crippen LogP contribution in [0.4, 0.5) is 4.79 Å². The first-order valence-corrected chi connectivity index (χ1v) is 10.00. The standard InChI is InChI=1S/C19H27N3O5S/c1-5-13(4)21-19(26)22-16(23)10-27-18(25)14-8-6-7-9-15(14)28-11-17(24)20-12(2)3/h6-9,12-13H,5,10-11H2,1-4H3,(H,20,24)(H2,21,22,23,26)/t13-/m1/s1. The molecule has 0 aliphatic heterocycles. The van der Waals surface area contributed by atoms with E-state index in [0.717, 1.165) is 6.42 Å². The maximum atomic E-state index is 12.3. The molecular weight excluding hydrogens is 382 g/mol. The van der Waals surface area contributed by atoms with Crippen LogP contribution in [0.1, 0.15) is 44.5 Å². The van der Waals surface area contributed by atoms with E-state index >= 15 is 0 Å². The van der Waals surface area contributed by atoms with Crippen LogP contribution in [0.15, 0.2) is 29.2 Å². The van der Waals surface area contributed by atoms with Crippen molar-refractivity contribution in [3.63, 3.8) is 0 Å². The lowest BCUT2D eigenvalue weighted by Crippen LogP contribution is -2.44. The summed E-state index contributed by atoms with van der Waals surface area (Å²) in [5.41, 5.74) is 0.252. The lowest BCUT2D eigenvalue weighted by Gasteiger charge is -2.12. The van der Waals surface area contributed by atoms with Crippen LogP contribution in [-0.4, -0.2) is 48.3 Å². The summed E-state index contributed by atoms with van der Waals surface area (Å²) >= 11 is 1.20. The van der Waals surface area contributed by atoms with Gasteiger partial charge in [0.15, 0.2) is 6.61 Å². The minimum absolute atomic E-state index is 0.0318. The molecule has 1 rings (SSSR count). The predicted molar refractivity (Wildman–Crippen MR) is 107 cm³/mol. The van der Waals surface area contributed by atoms with Gasteiger partial charge in [0, 0.05) is 17.0 Å². The average Bonchev–Trinajstić information content (AvgIpc) is 2.63. The second-order valence-electron chi connectivity index (χ2n) is 6.41. The number of imide groups is 1. The van der Waals surface area contributed by atoms with Crippen molar-refractivity contribution in [1.29, 1.82) is 0 Å². The Labute approximate surface area is 169 Å². The first-order chi connectivity index (χ1) is 13.2. The zero-order valence-corrected chi connectivity index (χ0v) is 17.4. The molecule has 1 aromatic rings. The molecule has 0 spiro atoms. The number of benzene rings is 1. The van der Waals surface area contributed by atoms with Crippen molar-refractivity contribution < 1.29 is 23.9 Å². The Morgan fingerprint density at radius 1 is 1.04 bits per heavy atom. The molecule has 28 heavy (non-hydrogen) atoms. The Bertz CT molecular complexity index is 709. The van der Waals surface area contributed by atoms with Gasteiger partial charge in [-0.3, -0.25) is 14.9 Å². The lowest BCUT2D eigenvalue weighted by molar-refractivity contribution is -0.123. The van der Waals surface area contributed by atoms with Gasteiger partial charge in [-0.25, -0.2) is 9.59 Å². The zero-order chi connectivity index (χ0) is 21.1. The highest BCUT2D eigenvalue weighted by atomic mass is 32.2. The van der Waals surface area contributed by atoms with E-state index in [1.165, 1.54) is 11.8 Å². The molecule has 4 amide bonds. The Hall–Kier alpha value is -2.55. The number of carbonyl (C=O) groups excluding carboxylic acids is 4. The molecule has 0 aliphatic carbocycles. The number of amides is 4. The van der Waals surface area contributed by atoms with Crippen molar-refractivity contribution >= 4 is 35.6 Å². The van der Waals surface area contributed by atoms with E-state index in [9.17, 15) is 19.2 Å². The fraction of sp³-hybridized carbons (Fsp3) is 0.474. The molecule has 3 N–H and O–H groups in total. The van der Waals surface area contributed by atoms with Crippen molar-refractivity contribution in [2.45, 2.75) is 51.1 Å². The molecule has 0 aromatic heterocycles. The van der Waals surface area contributed by atoms with Crippen LogP contribution in [0.5, 0.6) is 0 Å². The third-order valence-corrected chi connectivity index (χ3v) is 4.57. The van der Waals surface area contributed by atoms with Gasteiger partial charge in [0.25, 0.3) is 5.91 Å². The van der Waals surface area contributed by atoms with Gasteiger partial charge in [0.2, 0.25) is 5.91 Å². The maximum absolute atomic E-state index is 12.3. The highest BCUT2D eigenvalue weighted by molar-refractivity contribution is 8.00. The minimum atomic E-state index is -0.726. The van der Waals surface area contributed by atoms with E-state index in [2.05, 4.69) is 16.0 Å². The number of ether oxygens (including phenoxy) is 1. The average molecular weight is 410 g/mol. The number of urea groups is 1. The molecule has 9 heteroatoms. The van der Waals surface area contributed by atoms with Crippen molar-refractivity contribution in [2.24, 2.45) is 0 Å². The summed E-state index contributed by atoms with van der Waals surface area (Å²) in [5.74, 6) is -1.42. The highest BCUT2D eigenvalue weighted by Gasteiger charge is 2.17. The fourth-order valence-electron chi connectivity index (χ4n) is 2.00. The van der Waals surface area contributed by atoms with Crippen molar-refractivity contribution in [1.82, 2.24) is 16.0 Å². The van der Waals surface area contributed by atoms with Gasteiger partial charge < -0.3 is 15.4 Å². The van der Waals surface area contributed by atoms with E-state index < -0.39 is 24.5 Å². The quantitative estimate of drug-likeness (QED) is 0.425. The summed E-state index contributed by atoms with van der Waals surface area (Å²) in [6, 6.07) is 5.97. The topological polar surface area (TPSA) is 114 Å². The van der Waals surface area contributed by atoms with Gasteiger partial charge >= 0.3 is 12.0 Å². The number of hydrogen-bond acceptors (Lipinski definition) is 6. The van der Waals surface area contributed by atoms with Crippen molar-refractivity contribution in [3.8, 4) is 0 Å². The summed E-state index contributed by atoms with van der Waals surface area (Å²) in [7, 11) is 0. The van der Waals surface area contributed by atoms with Crippen LogP contribution in [0.2, 0.25) is 0 Å². The molecule has 8 nitrogen and oxygen atoms in total. The maximum Gasteiger partial charge on any atom is 0.339 e. The molecular formula is C19H27N3O5S. The Morgan fingerprint density at radius 2 is 1.71 bits per heavy atom. The second kappa shape index (κ2) is 12.0. The first-order valence-electron chi connectivity index (χ1n) is 9.01. The van der Waals surface area contributed by atoms with E-state index in [1.54, 1.807) is 31.2 Å². The smallest absolute Gasteiger partial charge is 0.339 e. The summed E-state index contributed by atoms with van der Waals surface area (Å²) in [4.78, 5) is 48.0. The number of hydrogen-bond donors (Lipinski definition) is 3. The first kappa shape index (κ1) is 23.5. The Balaban J connectivity index is 2.57. The number of rotatable bonds is 9. The lowest BCUT2D eigenvalue weighted by atomic mass is 10.2. The molecule has 0 aliphatic rings. The minimum Gasteiger partial charge on any atom is -0.452 e. The molecule has 1 aromatic carbocycles. The predicted octanol–water partition coefficient (Wildman–Crippen LogP) is 2.08.